The molecule has 9 heteroatoms. The first-order chi connectivity index (χ1) is 71.5. The molecular weight excluding hydrogens is 1700 g/mol. The molecule has 30 rings (SSSR count). The third-order valence-corrected chi connectivity index (χ3v) is 28.8. The van der Waals surface area contributed by atoms with E-state index in [4.69, 9.17) is 26.8 Å². The van der Waals surface area contributed by atoms with Gasteiger partial charge in [0.05, 0.1) is 85.5 Å². The molecule has 0 amide bonds. The van der Waals surface area contributed by atoms with Crippen LogP contribution in [0.5, 0.6) is 0 Å². The molecule has 0 saturated carbocycles. The molecule has 0 atom stereocenters. The molecule has 28 aromatic rings. The normalized spacial score (nSPS) is 12.8. The van der Waals surface area contributed by atoms with Gasteiger partial charge in [-0.05, 0) is 247 Å². The van der Waals surface area contributed by atoms with Gasteiger partial charge in [-0.3, -0.25) is 9.13 Å². The summed E-state index contributed by atoms with van der Waals surface area (Å²) in [4.78, 5) is 21.0. The summed E-state index contributed by atoms with van der Waals surface area (Å²) in [5.74, 6) is 1.67. The molecular formula is C131H81N9. The monoisotopic (exact) mass is 1780 g/mol. The number of hydrogen-bond acceptors (Lipinski definition) is 6. The van der Waals surface area contributed by atoms with E-state index in [1.54, 1.807) is 12.4 Å². The van der Waals surface area contributed by atoms with Gasteiger partial charge in [-0.15, -0.1) is 0 Å². The molecule has 140 heavy (non-hydrogen) atoms. The Morgan fingerprint density at radius 3 is 1.01 bits per heavy atom. The zero-order valence-corrected chi connectivity index (χ0v) is 75.4. The van der Waals surface area contributed by atoms with Crippen molar-refractivity contribution in [3.8, 4) is 107 Å². The molecule has 2 aliphatic rings. The van der Waals surface area contributed by atoms with Crippen LogP contribution < -0.4 is 0 Å². The van der Waals surface area contributed by atoms with Crippen molar-refractivity contribution in [3.05, 3.63) is 514 Å². The van der Waals surface area contributed by atoms with Crippen molar-refractivity contribution in [2.75, 3.05) is 0 Å². The van der Waals surface area contributed by atoms with Crippen LogP contribution in [-0.4, -0.2) is 43.8 Å². The van der Waals surface area contributed by atoms with E-state index in [0.29, 0.717) is 10.9 Å². The maximum Gasteiger partial charge on any atom is 0.165 e. The number of benzene rings is 22. The van der Waals surface area contributed by atoms with Gasteiger partial charge >= 0.3 is 0 Å². The number of para-hydroxylation sites is 4. The highest BCUT2D eigenvalue weighted by Crippen LogP contribution is 2.63. The summed E-state index contributed by atoms with van der Waals surface area (Å²) >= 11 is 0. The second-order valence-corrected chi connectivity index (χ2v) is 36.4. The maximum atomic E-state index is 8.80. The number of rotatable bonds is 9. The number of hydrogen-bond donors (Lipinski definition) is 0. The molecule has 0 unspecified atom stereocenters. The molecule has 2 aliphatic carbocycles. The zero-order valence-electron chi connectivity index (χ0n) is 80.4. The SMILES string of the molecule is [2H]c1c([2H])c([2H])c(-c2ccc(-n3c4ccc(-c5ccc6c(c5)C5(c7ccccc7-c7ccccc75)c5ccccc5-6)cc4c4cc5ccccc5cc43)c3cnncc23)c([2H])c1[2H].c1ccc(-c2ccc3c(c2)c2cc4ccccc4cc2n3-c2nc3ccccc3nc2-c2ccc3ccccc3c2)cc1.c1ccc(-c2ccc3c(c2)c2cc4ccccc4cc2n3-c2nc3ccccc3nc2-c2ccccc2)cc1. The minimum Gasteiger partial charge on any atom is -0.309 e. The largest absolute Gasteiger partial charge is 0.309 e. The van der Waals surface area contributed by atoms with Gasteiger partial charge in [0.25, 0.3) is 0 Å². The predicted molar refractivity (Wildman–Crippen MR) is 581 cm³/mol. The number of nitrogens with zero attached hydrogens (tertiary/aromatic N) is 9. The lowest BCUT2D eigenvalue weighted by atomic mass is 9.70. The summed E-state index contributed by atoms with van der Waals surface area (Å²) in [6.45, 7) is 0. The van der Waals surface area contributed by atoms with E-state index < -0.39 is 11.5 Å². The number of fused-ring (bicyclic) bond motifs is 26. The molecule has 0 N–H and O–H groups in total. The van der Waals surface area contributed by atoms with Crippen LogP contribution in [0.4, 0.5) is 0 Å². The molecule has 6 aromatic heterocycles. The molecule has 650 valence electrons. The van der Waals surface area contributed by atoms with Crippen LogP contribution in [0.15, 0.2) is 492 Å². The summed E-state index contributed by atoms with van der Waals surface area (Å²) in [5, 5.41) is 26.4. The van der Waals surface area contributed by atoms with Crippen molar-refractivity contribution >= 4 is 141 Å². The Balaban J connectivity index is 0.000000110. The van der Waals surface area contributed by atoms with Crippen molar-refractivity contribution < 1.29 is 6.85 Å². The minimum absolute atomic E-state index is 0.132. The van der Waals surface area contributed by atoms with Gasteiger partial charge in [-0.25, -0.2) is 19.9 Å². The fourth-order valence-corrected chi connectivity index (χ4v) is 22.4. The lowest BCUT2D eigenvalue weighted by Gasteiger charge is -2.30. The summed E-state index contributed by atoms with van der Waals surface area (Å²) in [7, 11) is 0. The van der Waals surface area contributed by atoms with E-state index in [1.165, 1.54) is 121 Å². The van der Waals surface area contributed by atoms with E-state index in [9.17, 15) is 0 Å². The predicted octanol–water partition coefficient (Wildman–Crippen LogP) is 33.1. The van der Waals surface area contributed by atoms with E-state index >= 15 is 0 Å². The van der Waals surface area contributed by atoms with Crippen molar-refractivity contribution in [2.24, 2.45) is 0 Å². The highest BCUT2D eigenvalue weighted by atomic mass is 15.1. The molecule has 0 bridgehead atoms. The fourth-order valence-electron chi connectivity index (χ4n) is 22.4. The second-order valence-electron chi connectivity index (χ2n) is 36.4. The van der Waals surface area contributed by atoms with E-state index in [2.05, 4.69) is 406 Å². The molecule has 6 heterocycles. The van der Waals surface area contributed by atoms with Gasteiger partial charge < -0.3 is 4.57 Å². The Morgan fingerprint density at radius 2 is 0.529 bits per heavy atom. The average molecular weight is 1790 g/mol. The maximum absolute atomic E-state index is 8.80. The Hall–Kier alpha value is -18.7. The van der Waals surface area contributed by atoms with Crippen LogP contribution >= 0.6 is 0 Å². The summed E-state index contributed by atoms with van der Waals surface area (Å²) in [5.41, 5.74) is 32.2. The third kappa shape index (κ3) is 12.8. The second kappa shape index (κ2) is 32.3. The van der Waals surface area contributed by atoms with E-state index in [0.717, 1.165) is 133 Å². The van der Waals surface area contributed by atoms with Crippen LogP contribution in [0, 0.1) is 0 Å². The lowest BCUT2D eigenvalue weighted by Crippen LogP contribution is -2.25. The van der Waals surface area contributed by atoms with Crippen molar-refractivity contribution in [1.82, 2.24) is 43.8 Å². The Kier molecular flexibility index (Phi) is 17.2. The summed E-state index contributed by atoms with van der Waals surface area (Å²) in [6.07, 6.45) is 3.32. The topological polar surface area (TPSA) is 92.1 Å². The van der Waals surface area contributed by atoms with Crippen molar-refractivity contribution in [1.29, 1.82) is 0 Å². The Bertz CT molecular complexity index is 10200. The molecule has 9 nitrogen and oxygen atoms in total. The highest BCUT2D eigenvalue weighted by molar-refractivity contribution is 6.19. The standard InChI is InChI=1S/C55H33N3.C40H25N3.C36H23N3/c1-2-12-34(13-3-1)39-25-27-53(47-33-57-56-32-46(39)47)58-52-26-23-37(29-44(52)45-28-35-14-4-5-15-36(35)31-54(45)58)38-22-24-43-42-18-8-11-21-50(42)55(51(43)30-38)48-19-9-6-16-40(48)41-17-7-10-20-49(41)55;1-2-10-26(11-3-1)31-20-21-37-33(24-31)34-23-29-14-6-7-15-30(29)25-38(34)43(37)40-39(41-35-16-8-9-17-36(35)42-40)32-19-18-27-12-4-5-13-28(27)22-32;1-3-11-24(12-4-1)28-19-20-33-29(22-28)30-21-26-15-7-8-16-27(26)23-34(30)39(33)36-35(25-13-5-2-6-14-25)37-31-17-9-10-18-32(31)38-36/h1-33H;1-25H;1-23H/i1D,2D,3D,12D,13D;;. The Morgan fingerprint density at radius 1 is 0.193 bits per heavy atom. The molecule has 0 fully saturated rings. The van der Waals surface area contributed by atoms with Crippen molar-refractivity contribution in [2.45, 2.75) is 5.41 Å². The van der Waals surface area contributed by atoms with Gasteiger partial charge in [0.1, 0.15) is 11.4 Å². The van der Waals surface area contributed by atoms with Crippen molar-refractivity contribution in [3.63, 3.8) is 0 Å². The fraction of sp³-hybridized carbons (Fsp3) is 0.00763. The zero-order chi connectivity index (χ0) is 96.4. The number of aromatic nitrogens is 9. The quantitative estimate of drug-likeness (QED) is 0.143. The summed E-state index contributed by atoms with van der Waals surface area (Å²) in [6, 6.07) is 158. The van der Waals surface area contributed by atoms with E-state index in [-0.39, 0.29) is 29.7 Å². The Labute approximate surface area is 812 Å². The smallest absolute Gasteiger partial charge is 0.165 e. The highest BCUT2D eigenvalue weighted by Gasteiger charge is 2.51. The lowest BCUT2D eigenvalue weighted by molar-refractivity contribution is 0.794. The first-order valence-electron chi connectivity index (χ1n) is 49.8. The van der Waals surface area contributed by atoms with Crippen LogP contribution in [0.1, 0.15) is 29.1 Å². The molecule has 0 aliphatic heterocycles. The first kappa shape index (κ1) is 74.7. The van der Waals surface area contributed by atoms with Crippen LogP contribution in [-0.2, 0) is 5.41 Å². The molecule has 0 saturated heterocycles. The van der Waals surface area contributed by atoms with E-state index in [1.807, 2.05) is 66.7 Å². The minimum atomic E-state index is -0.445. The van der Waals surface area contributed by atoms with Gasteiger partial charge in [-0.2, -0.15) is 10.2 Å². The first-order valence-corrected chi connectivity index (χ1v) is 47.3. The van der Waals surface area contributed by atoms with Gasteiger partial charge in [-0.1, -0.05) is 364 Å². The third-order valence-electron chi connectivity index (χ3n) is 28.8. The van der Waals surface area contributed by atoms with Crippen LogP contribution in [0.25, 0.3) is 248 Å². The molecule has 1 spiro atoms. The van der Waals surface area contributed by atoms with Crippen LogP contribution in [0.2, 0.25) is 0 Å². The van der Waals surface area contributed by atoms with Gasteiger partial charge in [0.2, 0.25) is 0 Å². The van der Waals surface area contributed by atoms with Gasteiger partial charge in [0, 0.05) is 54.2 Å². The van der Waals surface area contributed by atoms with Gasteiger partial charge in [0.15, 0.2) is 11.6 Å². The summed E-state index contributed by atoms with van der Waals surface area (Å²) < 4.78 is 49.5. The average Bonchev–Trinajstić information content (AvgIpc) is 1.50. The molecule has 22 aromatic carbocycles. The van der Waals surface area contributed by atoms with Crippen LogP contribution in [0.3, 0.4) is 0 Å². The molecule has 0 radical (unpaired) electrons.